The van der Waals surface area contributed by atoms with Crippen LogP contribution in [0.25, 0.3) is 0 Å². The second kappa shape index (κ2) is 6.83. The highest BCUT2D eigenvalue weighted by atomic mass is 79.9. The van der Waals surface area contributed by atoms with E-state index in [9.17, 15) is 14.7 Å². The van der Waals surface area contributed by atoms with E-state index < -0.39 is 34.8 Å². The molecule has 0 aromatic carbocycles. The van der Waals surface area contributed by atoms with Crippen molar-refractivity contribution >= 4 is 46.7 Å². The molecular weight excluding hydrogens is 412 g/mol. The van der Waals surface area contributed by atoms with Crippen molar-refractivity contribution in [3.05, 3.63) is 22.3 Å². The molecule has 21 heavy (non-hydrogen) atoms. The van der Waals surface area contributed by atoms with Crippen LogP contribution in [0.2, 0.25) is 0 Å². The van der Waals surface area contributed by atoms with Gasteiger partial charge >= 0.3 is 12.0 Å². The zero-order valence-electron chi connectivity index (χ0n) is 10.7. The minimum atomic E-state index is -3.85. The zero-order valence-corrected chi connectivity index (χ0v) is 14.7. The van der Waals surface area contributed by atoms with E-state index in [0.29, 0.717) is 0 Å². The topological polar surface area (TPSA) is 87.9 Å². The van der Waals surface area contributed by atoms with E-state index in [-0.39, 0.29) is 25.0 Å². The Bertz CT molecular complexity index is 482. The highest BCUT2D eigenvalue weighted by Gasteiger charge is 2.72. The molecule has 11 heteroatoms. The summed E-state index contributed by atoms with van der Waals surface area (Å²) in [5.41, 5.74) is -1.11. The number of ether oxygens (including phenoxy) is 1. The van der Waals surface area contributed by atoms with Gasteiger partial charge in [-0.3, -0.25) is 14.7 Å². The monoisotopic (exact) mass is 423 g/mol. The van der Waals surface area contributed by atoms with Gasteiger partial charge in [0.25, 0.3) is 0 Å². The van der Waals surface area contributed by atoms with Crippen molar-refractivity contribution in [2.75, 3.05) is 25.0 Å². The number of alkyl halides is 3. The van der Waals surface area contributed by atoms with E-state index >= 15 is 0 Å². The van der Waals surface area contributed by atoms with Gasteiger partial charge in [-0.1, -0.05) is 6.08 Å². The number of nitro groups is 1. The zero-order chi connectivity index (χ0) is 15.7. The minimum Gasteiger partial charge on any atom is -0.357 e. The van der Waals surface area contributed by atoms with Crippen LogP contribution in [-0.2, 0) is 18.3 Å². The van der Waals surface area contributed by atoms with Crippen LogP contribution in [0.3, 0.4) is 0 Å². The van der Waals surface area contributed by atoms with Crippen molar-refractivity contribution < 1.29 is 23.3 Å². The fourth-order valence-electron chi connectivity index (χ4n) is 2.41. The first-order chi connectivity index (χ1) is 9.90. The van der Waals surface area contributed by atoms with Crippen molar-refractivity contribution in [3.8, 4) is 0 Å². The molecule has 0 aromatic heterocycles. The molecule has 0 unspecified atom stereocenters. The van der Waals surface area contributed by atoms with Gasteiger partial charge in [0.2, 0.25) is 0 Å². The molecule has 2 bridgehead atoms. The number of fused-ring (bicyclic) bond motifs is 2. The molecule has 2 rings (SSSR count). The van der Waals surface area contributed by atoms with Crippen LogP contribution >= 0.6 is 46.7 Å². The lowest BCUT2D eigenvalue weighted by Crippen LogP contribution is -2.50. The molecule has 1 fully saturated rings. The predicted octanol–water partition coefficient (Wildman–Crippen LogP) is 2.76. The summed E-state index contributed by atoms with van der Waals surface area (Å²) >= 11 is 14.2. The van der Waals surface area contributed by atoms with Gasteiger partial charge in [0.05, 0.1) is 19.3 Å². The summed E-state index contributed by atoms with van der Waals surface area (Å²) in [5, 5.41) is 11.5. The van der Waals surface area contributed by atoms with Gasteiger partial charge in [0, 0.05) is 32.6 Å². The van der Waals surface area contributed by atoms with Crippen LogP contribution in [0.15, 0.2) is 12.2 Å². The molecule has 2 aliphatic heterocycles. The summed E-state index contributed by atoms with van der Waals surface area (Å²) in [7, 11) is -3.85. The van der Waals surface area contributed by atoms with Gasteiger partial charge in [-0.05, 0) is 6.08 Å². The van der Waals surface area contributed by atoms with E-state index in [4.69, 9.17) is 37.0 Å². The first-order valence-electron chi connectivity index (χ1n) is 6.08. The predicted molar refractivity (Wildman–Crippen MR) is 81.2 cm³/mol. The van der Waals surface area contributed by atoms with Crippen LogP contribution in [0.1, 0.15) is 0 Å². The average Bonchev–Trinajstić information content (AvgIpc) is 3.02. The van der Waals surface area contributed by atoms with Gasteiger partial charge in [-0.2, -0.15) is 0 Å². The fourth-order valence-corrected chi connectivity index (χ4v) is 6.36. The Morgan fingerprint density at radius 1 is 1.33 bits per heavy atom. The van der Waals surface area contributed by atoms with Gasteiger partial charge in [-0.15, -0.1) is 23.2 Å². The smallest absolute Gasteiger partial charge is 0.345 e. The molecule has 0 amide bonds. The first-order valence-corrected chi connectivity index (χ1v) is 9.55. The number of rotatable bonds is 8. The number of hydrogen-bond acceptors (Lipinski definition) is 6. The largest absolute Gasteiger partial charge is 0.357 e. The van der Waals surface area contributed by atoms with Crippen LogP contribution in [0.5, 0.6) is 0 Å². The Labute approximate surface area is 139 Å². The Morgan fingerprint density at radius 3 is 2.38 bits per heavy atom. The van der Waals surface area contributed by atoms with Gasteiger partial charge in [0.1, 0.15) is 0 Å². The molecule has 2 heterocycles. The molecule has 120 valence electrons. The Hall–Kier alpha value is 0.310. The summed E-state index contributed by atoms with van der Waals surface area (Å²) in [6.07, 6.45) is 1.62. The first kappa shape index (κ1) is 17.7. The lowest BCUT2D eigenvalue weighted by Gasteiger charge is -2.31. The third-order valence-electron chi connectivity index (χ3n) is 3.22. The Morgan fingerprint density at radius 2 is 1.90 bits per heavy atom. The molecule has 1 saturated heterocycles. The van der Waals surface area contributed by atoms with E-state index in [1.54, 1.807) is 12.2 Å². The van der Waals surface area contributed by atoms with Gasteiger partial charge in [-0.25, -0.2) is 0 Å². The summed E-state index contributed by atoms with van der Waals surface area (Å²) in [6, 6.07) is 0. The lowest BCUT2D eigenvalue weighted by atomic mass is 10.0. The van der Waals surface area contributed by atoms with Crippen molar-refractivity contribution in [2.24, 2.45) is 0 Å². The summed E-state index contributed by atoms with van der Waals surface area (Å²) in [4.78, 5) is 10.9. The molecule has 0 aliphatic carbocycles. The summed E-state index contributed by atoms with van der Waals surface area (Å²) in [6.45, 7) is -0.112. The van der Waals surface area contributed by atoms with E-state index in [2.05, 4.69) is 15.9 Å². The van der Waals surface area contributed by atoms with E-state index in [0.717, 1.165) is 0 Å². The second-order valence-electron chi connectivity index (χ2n) is 4.42. The average molecular weight is 425 g/mol. The van der Waals surface area contributed by atoms with Crippen molar-refractivity contribution in [3.63, 3.8) is 0 Å². The summed E-state index contributed by atoms with van der Waals surface area (Å²) < 4.78 is 27.3. The van der Waals surface area contributed by atoms with E-state index in [1.807, 2.05) is 0 Å². The van der Waals surface area contributed by atoms with Crippen molar-refractivity contribution in [2.45, 2.75) is 22.3 Å². The van der Waals surface area contributed by atoms with Gasteiger partial charge < -0.3 is 13.8 Å². The molecule has 4 atom stereocenters. The highest BCUT2D eigenvalue weighted by molar-refractivity contribution is 9.10. The molecular formula is C10H13BrCl2NO6P. The van der Waals surface area contributed by atoms with Gasteiger partial charge in [0.15, 0.2) is 11.8 Å². The molecule has 0 aromatic rings. The maximum absolute atomic E-state index is 13.0. The Balaban J connectivity index is 2.35. The molecule has 2 aliphatic rings. The number of nitrogens with zero attached hydrogens (tertiary/aromatic N) is 1. The molecule has 0 saturated carbocycles. The van der Waals surface area contributed by atoms with Crippen LogP contribution in [-0.4, -0.2) is 52.2 Å². The molecule has 0 radical (unpaired) electrons. The van der Waals surface area contributed by atoms with Crippen molar-refractivity contribution in [1.82, 2.24) is 0 Å². The number of halogens is 3. The Kier molecular flexibility index (Phi) is 5.74. The SMILES string of the molecule is O=[N+]([O-])[C@@]1(Br)[C@@H]2C=C[C@@H](O2)[C@@H]1P(=O)(OCCCl)OCCCl. The minimum absolute atomic E-state index is 0.0560. The lowest BCUT2D eigenvalue weighted by molar-refractivity contribution is -0.537. The summed E-state index contributed by atoms with van der Waals surface area (Å²) in [5.74, 6) is 0.166. The van der Waals surface area contributed by atoms with Crippen molar-refractivity contribution in [1.29, 1.82) is 0 Å². The molecule has 0 N–H and O–H groups in total. The van der Waals surface area contributed by atoms with Crippen LogP contribution in [0.4, 0.5) is 0 Å². The third kappa shape index (κ3) is 3.04. The number of hydrogen-bond donors (Lipinski definition) is 0. The quantitative estimate of drug-likeness (QED) is 0.149. The third-order valence-corrected chi connectivity index (χ3v) is 7.57. The second-order valence-corrected chi connectivity index (χ2v) is 8.60. The molecule has 7 nitrogen and oxygen atoms in total. The highest BCUT2D eigenvalue weighted by Crippen LogP contribution is 2.65. The standard InChI is InChI=1S/C10H13BrCl2NO6P/c11-10(14(15)16)8-2-1-7(20-8)9(10)21(17,18-5-3-12)19-6-4-13/h1-2,7-9H,3-6H2/t7-,8+,9+,10+/m1/s1. The normalized spacial score (nSPS) is 34.5. The van der Waals surface area contributed by atoms with Crippen LogP contribution < -0.4 is 0 Å². The van der Waals surface area contributed by atoms with Crippen LogP contribution in [0, 0.1) is 10.1 Å². The maximum Gasteiger partial charge on any atom is 0.345 e. The molecule has 0 spiro atoms. The maximum atomic E-state index is 13.0. The van der Waals surface area contributed by atoms with E-state index in [1.165, 1.54) is 0 Å². The fraction of sp³-hybridized carbons (Fsp3) is 0.800.